The zero-order chi connectivity index (χ0) is 18.1. The van der Waals surface area contributed by atoms with Crippen LogP contribution in [0.5, 0.6) is 0 Å². The molecule has 0 amide bonds. The standard InChI is InChI=1S/C21H26N4OS/c1-2-6-16(5-1)21-22-17(15-27-21)13-24-9-11-25(12-10-24)14-19-18-7-3-4-8-20(18)26-23-19/h3-4,7-8,15-16H,1-2,5-6,9-14H2. The summed E-state index contributed by atoms with van der Waals surface area (Å²) in [5, 5.41) is 9.07. The lowest BCUT2D eigenvalue weighted by molar-refractivity contribution is 0.119. The van der Waals surface area contributed by atoms with Crippen LogP contribution in [0.4, 0.5) is 0 Å². The summed E-state index contributed by atoms with van der Waals surface area (Å²) in [4.78, 5) is 9.95. The van der Waals surface area contributed by atoms with Crippen LogP contribution in [0.15, 0.2) is 34.2 Å². The maximum absolute atomic E-state index is 5.44. The van der Waals surface area contributed by atoms with Gasteiger partial charge in [-0.05, 0) is 25.0 Å². The normalized spacial score (nSPS) is 20.0. The van der Waals surface area contributed by atoms with Crippen molar-refractivity contribution in [1.82, 2.24) is 19.9 Å². The zero-order valence-corrected chi connectivity index (χ0v) is 16.5. The summed E-state index contributed by atoms with van der Waals surface area (Å²) in [5.74, 6) is 0.734. The molecule has 3 heterocycles. The van der Waals surface area contributed by atoms with Gasteiger partial charge in [-0.2, -0.15) is 0 Å². The molecule has 0 spiro atoms. The van der Waals surface area contributed by atoms with E-state index in [-0.39, 0.29) is 0 Å². The molecule has 0 N–H and O–H groups in total. The number of piperazine rings is 1. The summed E-state index contributed by atoms with van der Waals surface area (Å²) in [6.45, 7) is 6.18. The van der Waals surface area contributed by atoms with Gasteiger partial charge in [0.1, 0.15) is 5.69 Å². The summed E-state index contributed by atoms with van der Waals surface area (Å²) < 4.78 is 5.44. The second-order valence-corrected chi connectivity index (χ2v) is 8.73. The molecule has 3 aromatic rings. The highest BCUT2D eigenvalue weighted by Crippen LogP contribution is 2.35. The van der Waals surface area contributed by atoms with Crippen molar-refractivity contribution in [3.63, 3.8) is 0 Å². The molecule has 2 aliphatic rings. The average molecular weight is 383 g/mol. The topological polar surface area (TPSA) is 45.4 Å². The van der Waals surface area contributed by atoms with E-state index in [2.05, 4.69) is 32.5 Å². The first-order valence-corrected chi connectivity index (χ1v) is 11.0. The molecule has 1 saturated carbocycles. The van der Waals surface area contributed by atoms with Crippen molar-refractivity contribution in [2.24, 2.45) is 0 Å². The van der Waals surface area contributed by atoms with Crippen LogP contribution in [0.3, 0.4) is 0 Å². The average Bonchev–Trinajstić information content (AvgIpc) is 3.44. The van der Waals surface area contributed by atoms with Crippen molar-refractivity contribution in [1.29, 1.82) is 0 Å². The predicted octanol–water partition coefficient (Wildman–Crippen LogP) is 4.26. The number of rotatable bonds is 5. The van der Waals surface area contributed by atoms with Crippen LogP contribution in [0.2, 0.25) is 0 Å². The van der Waals surface area contributed by atoms with Gasteiger partial charge in [0.2, 0.25) is 0 Å². The molecule has 0 unspecified atom stereocenters. The number of para-hydroxylation sites is 1. The Bertz CT molecular complexity index is 890. The second-order valence-electron chi connectivity index (χ2n) is 7.84. The Morgan fingerprint density at radius 3 is 2.56 bits per heavy atom. The molecule has 27 heavy (non-hydrogen) atoms. The lowest BCUT2D eigenvalue weighted by atomic mass is 10.1. The van der Waals surface area contributed by atoms with Crippen molar-refractivity contribution in [3.8, 4) is 0 Å². The van der Waals surface area contributed by atoms with E-state index in [9.17, 15) is 0 Å². The maximum Gasteiger partial charge on any atom is 0.167 e. The van der Waals surface area contributed by atoms with Crippen LogP contribution in [0.1, 0.15) is 48.0 Å². The lowest BCUT2D eigenvalue weighted by Gasteiger charge is -2.33. The minimum Gasteiger partial charge on any atom is -0.356 e. The van der Waals surface area contributed by atoms with Crippen LogP contribution in [-0.4, -0.2) is 46.1 Å². The van der Waals surface area contributed by atoms with Crippen molar-refractivity contribution >= 4 is 22.3 Å². The third-order valence-electron chi connectivity index (χ3n) is 5.95. The molecule has 0 bridgehead atoms. The number of thiazole rings is 1. The van der Waals surface area contributed by atoms with Gasteiger partial charge in [0, 0.05) is 56.0 Å². The number of benzene rings is 1. The van der Waals surface area contributed by atoms with Crippen molar-refractivity contribution in [3.05, 3.63) is 46.0 Å². The smallest absolute Gasteiger partial charge is 0.167 e. The number of aromatic nitrogens is 2. The van der Waals surface area contributed by atoms with E-state index in [1.165, 1.54) is 36.4 Å². The van der Waals surface area contributed by atoms with E-state index < -0.39 is 0 Å². The van der Waals surface area contributed by atoms with Gasteiger partial charge >= 0.3 is 0 Å². The second kappa shape index (κ2) is 7.70. The first-order chi connectivity index (χ1) is 13.3. The van der Waals surface area contributed by atoms with Gasteiger partial charge in [-0.3, -0.25) is 9.80 Å². The molecule has 6 heteroatoms. The summed E-state index contributed by atoms with van der Waals surface area (Å²) in [6.07, 6.45) is 5.43. The Kier molecular flexibility index (Phi) is 4.95. The van der Waals surface area contributed by atoms with Gasteiger partial charge in [-0.15, -0.1) is 11.3 Å². The maximum atomic E-state index is 5.44. The van der Waals surface area contributed by atoms with Gasteiger partial charge in [-0.1, -0.05) is 30.1 Å². The molecule has 2 fully saturated rings. The summed E-state index contributed by atoms with van der Waals surface area (Å²) in [6, 6.07) is 8.13. The molecule has 5 rings (SSSR count). The minimum absolute atomic E-state index is 0.734. The minimum atomic E-state index is 0.734. The predicted molar refractivity (Wildman–Crippen MR) is 108 cm³/mol. The first-order valence-electron chi connectivity index (χ1n) is 10.1. The highest BCUT2D eigenvalue weighted by atomic mass is 32.1. The molecule has 1 aromatic carbocycles. The molecule has 1 aliphatic carbocycles. The highest BCUT2D eigenvalue weighted by molar-refractivity contribution is 7.09. The van der Waals surface area contributed by atoms with E-state index in [4.69, 9.17) is 9.51 Å². The fourth-order valence-electron chi connectivity index (χ4n) is 4.35. The van der Waals surface area contributed by atoms with Gasteiger partial charge in [0.25, 0.3) is 0 Å². The highest BCUT2D eigenvalue weighted by Gasteiger charge is 2.22. The Labute approximate surface area is 164 Å². The van der Waals surface area contributed by atoms with Crippen LogP contribution in [0, 0.1) is 0 Å². The third kappa shape index (κ3) is 3.79. The van der Waals surface area contributed by atoms with Crippen molar-refractivity contribution in [2.75, 3.05) is 26.2 Å². The van der Waals surface area contributed by atoms with E-state index in [0.29, 0.717) is 0 Å². The van der Waals surface area contributed by atoms with Crippen LogP contribution in [0.25, 0.3) is 11.0 Å². The zero-order valence-electron chi connectivity index (χ0n) is 15.6. The molecule has 142 valence electrons. The van der Waals surface area contributed by atoms with E-state index in [0.717, 1.165) is 61.8 Å². The molecule has 0 radical (unpaired) electrons. The Morgan fingerprint density at radius 1 is 1.00 bits per heavy atom. The lowest BCUT2D eigenvalue weighted by Crippen LogP contribution is -2.45. The van der Waals surface area contributed by atoms with Gasteiger partial charge in [-0.25, -0.2) is 4.98 Å². The van der Waals surface area contributed by atoms with Crippen LogP contribution >= 0.6 is 11.3 Å². The Morgan fingerprint density at radius 2 is 1.74 bits per heavy atom. The van der Waals surface area contributed by atoms with Crippen LogP contribution < -0.4 is 0 Å². The molecule has 1 aliphatic heterocycles. The summed E-state index contributed by atoms with van der Waals surface area (Å²) in [7, 11) is 0. The van der Waals surface area contributed by atoms with E-state index >= 15 is 0 Å². The van der Waals surface area contributed by atoms with Crippen molar-refractivity contribution < 1.29 is 4.52 Å². The molecule has 2 aromatic heterocycles. The number of fused-ring (bicyclic) bond motifs is 1. The third-order valence-corrected chi connectivity index (χ3v) is 7.01. The molecular formula is C21H26N4OS. The SMILES string of the molecule is c1ccc2c(CN3CCN(Cc4csc(C5CCCC5)n4)CC3)noc2c1. The van der Waals surface area contributed by atoms with Crippen molar-refractivity contribution in [2.45, 2.75) is 44.7 Å². The van der Waals surface area contributed by atoms with Gasteiger partial charge in [0.05, 0.1) is 10.7 Å². The largest absolute Gasteiger partial charge is 0.356 e. The molecule has 5 nitrogen and oxygen atoms in total. The van der Waals surface area contributed by atoms with E-state index in [1.54, 1.807) is 0 Å². The fraction of sp³-hybridized carbons (Fsp3) is 0.524. The number of hydrogen-bond donors (Lipinski definition) is 0. The summed E-state index contributed by atoms with van der Waals surface area (Å²) in [5.41, 5.74) is 3.20. The van der Waals surface area contributed by atoms with Gasteiger partial charge in [0.15, 0.2) is 5.58 Å². The fourth-order valence-corrected chi connectivity index (χ4v) is 5.34. The molecule has 0 atom stereocenters. The Balaban J connectivity index is 1.15. The first kappa shape index (κ1) is 17.3. The quantitative estimate of drug-likeness (QED) is 0.660. The monoisotopic (exact) mass is 382 g/mol. The summed E-state index contributed by atoms with van der Waals surface area (Å²) >= 11 is 1.87. The Hall–Kier alpha value is -1.76. The number of hydrogen-bond acceptors (Lipinski definition) is 6. The molecule has 1 saturated heterocycles. The van der Waals surface area contributed by atoms with E-state index in [1.807, 2.05) is 23.5 Å². The van der Waals surface area contributed by atoms with Crippen LogP contribution in [-0.2, 0) is 13.1 Å². The molecular weight excluding hydrogens is 356 g/mol. The number of nitrogens with zero attached hydrogens (tertiary/aromatic N) is 4. The van der Waals surface area contributed by atoms with Gasteiger partial charge < -0.3 is 4.52 Å².